The quantitative estimate of drug-likeness (QED) is 0.653. The molecule has 1 unspecified atom stereocenters. The minimum Gasteiger partial charge on any atom is -0.447 e. The normalized spacial score (nSPS) is 11.7. The van der Waals surface area contributed by atoms with Gasteiger partial charge in [0, 0.05) is 10.5 Å². The molecule has 2 N–H and O–H groups in total. The van der Waals surface area contributed by atoms with E-state index in [-0.39, 0.29) is 5.75 Å². The minimum absolute atomic E-state index is 0.126. The van der Waals surface area contributed by atoms with Crippen molar-refractivity contribution in [2.75, 3.05) is 5.75 Å². The zero-order valence-electron chi connectivity index (χ0n) is 13.1. The highest BCUT2D eigenvalue weighted by Crippen LogP contribution is 2.25. The van der Waals surface area contributed by atoms with E-state index in [1.54, 1.807) is 24.3 Å². The van der Waals surface area contributed by atoms with Crippen LogP contribution in [0.1, 0.15) is 22.8 Å². The van der Waals surface area contributed by atoms with E-state index >= 15 is 0 Å². The first-order chi connectivity index (χ1) is 11.0. The van der Waals surface area contributed by atoms with Gasteiger partial charge in [0.05, 0.1) is 5.75 Å². The van der Waals surface area contributed by atoms with Crippen molar-refractivity contribution in [3.05, 3.63) is 65.2 Å². The molecule has 0 radical (unpaired) electrons. The van der Waals surface area contributed by atoms with Gasteiger partial charge in [-0.15, -0.1) is 11.8 Å². The lowest BCUT2D eigenvalue weighted by Gasteiger charge is -2.15. The van der Waals surface area contributed by atoms with Crippen LogP contribution in [0.3, 0.4) is 0 Å². The summed E-state index contributed by atoms with van der Waals surface area (Å²) in [6, 6.07) is 14.8. The van der Waals surface area contributed by atoms with E-state index in [0.717, 1.165) is 16.0 Å². The maximum absolute atomic E-state index is 12.0. The molecule has 0 aliphatic rings. The molecular formula is C18H19NO3S. The average molecular weight is 329 g/mol. The third-order valence-electron chi connectivity index (χ3n) is 3.30. The largest absolute Gasteiger partial charge is 0.447 e. The van der Waals surface area contributed by atoms with Gasteiger partial charge in [0.25, 0.3) is 5.91 Å². The monoisotopic (exact) mass is 329 g/mol. The van der Waals surface area contributed by atoms with E-state index in [0.29, 0.717) is 5.56 Å². The van der Waals surface area contributed by atoms with Crippen LogP contribution in [0.2, 0.25) is 0 Å². The summed E-state index contributed by atoms with van der Waals surface area (Å²) in [5.41, 5.74) is 8.15. The molecule has 0 aliphatic carbocycles. The van der Waals surface area contributed by atoms with Crippen molar-refractivity contribution in [1.82, 2.24) is 0 Å². The van der Waals surface area contributed by atoms with E-state index in [1.165, 1.54) is 11.8 Å². The molecule has 23 heavy (non-hydrogen) atoms. The van der Waals surface area contributed by atoms with Crippen molar-refractivity contribution in [1.29, 1.82) is 0 Å². The summed E-state index contributed by atoms with van der Waals surface area (Å²) in [5.74, 6) is -1.02. The molecule has 0 aromatic heterocycles. The number of benzene rings is 2. The van der Waals surface area contributed by atoms with Crippen LogP contribution >= 0.6 is 11.8 Å². The van der Waals surface area contributed by atoms with Crippen LogP contribution in [-0.2, 0) is 14.3 Å². The minimum atomic E-state index is -1.05. The van der Waals surface area contributed by atoms with Crippen molar-refractivity contribution in [3.63, 3.8) is 0 Å². The summed E-state index contributed by atoms with van der Waals surface area (Å²) in [5, 5.41) is 0. The lowest BCUT2D eigenvalue weighted by atomic mass is 10.1. The number of amides is 1. The molecule has 0 spiro atoms. The fraction of sp³-hybridized carbons (Fsp3) is 0.222. The zero-order chi connectivity index (χ0) is 16.8. The lowest BCUT2D eigenvalue weighted by molar-refractivity contribution is -0.152. The van der Waals surface area contributed by atoms with Crippen molar-refractivity contribution >= 4 is 23.6 Å². The third kappa shape index (κ3) is 4.86. The summed E-state index contributed by atoms with van der Waals surface area (Å²) in [6.07, 6.45) is -1.05. The molecule has 2 rings (SSSR count). The summed E-state index contributed by atoms with van der Waals surface area (Å²) >= 11 is 1.39. The molecular weight excluding hydrogens is 310 g/mol. The van der Waals surface area contributed by atoms with Gasteiger partial charge in [-0.25, -0.2) is 0 Å². The number of nitrogens with two attached hydrogens (primary N) is 1. The van der Waals surface area contributed by atoms with Crippen LogP contribution in [0, 0.1) is 13.8 Å². The standard InChI is InChI=1S/C18H19NO3S/c1-12-8-9-13(2)15(10-12)23-11-16(20)22-17(18(19)21)14-6-4-3-5-7-14/h3-10,17H,11H2,1-2H3,(H2,19,21). The topological polar surface area (TPSA) is 69.4 Å². The van der Waals surface area contributed by atoms with Crippen molar-refractivity contribution in [2.24, 2.45) is 5.73 Å². The first kappa shape index (κ1) is 17.1. The molecule has 0 bridgehead atoms. The number of aryl methyl sites for hydroxylation is 2. The van der Waals surface area contributed by atoms with Crippen molar-refractivity contribution in [3.8, 4) is 0 Å². The van der Waals surface area contributed by atoms with Gasteiger partial charge in [-0.1, -0.05) is 48.0 Å². The van der Waals surface area contributed by atoms with Crippen LogP contribution in [0.5, 0.6) is 0 Å². The molecule has 0 fully saturated rings. The Morgan fingerprint density at radius 3 is 2.48 bits per heavy atom. The summed E-state index contributed by atoms with van der Waals surface area (Å²) in [7, 11) is 0. The second-order valence-electron chi connectivity index (χ2n) is 5.24. The number of primary amides is 1. The molecule has 4 nitrogen and oxygen atoms in total. The second kappa shape index (κ2) is 7.83. The number of hydrogen-bond acceptors (Lipinski definition) is 4. The van der Waals surface area contributed by atoms with Gasteiger partial charge in [-0.05, 0) is 25.5 Å². The fourth-order valence-corrected chi connectivity index (χ4v) is 2.99. The van der Waals surface area contributed by atoms with Gasteiger partial charge in [0.15, 0.2) is 0 Å². The Hall–Kier alpha value is -2.27. The number of hydrogen-bond donors (Lipinski definition) is 1. The lowest BCUT2D eigenvalue weighted by Crippen LogP contribution is -2.26. The maximum Gasteiger partial charge on any atom is 0.317 e. The van der Waals surface area contributed by atoms with E-state index in [2.05, 4.69) is 0 Å². The number of carbonyl (C=O) groups excluding carboxylic acids is 2. The number of thioether (sulfide) groups is 1. The Morgan fingerprint density at radius 1 is 1.13 bits per heavy atom. The molecule has 0 aliphatic heterocycles. The van der Waals surface area contributed by atoms with E-state index in [4.69, 9.17) is 10.5 Å². The SMILES string of the molecule is Cc1ccc(C)c(SCC(=O)OC(C(N)=O)c2ccccc2)c1. The van der Waals surface area contributed by atoms with Crippen molar-refractivity contribution < 1.29 is 14.3 Å². The first-order valence-corrected chi connectivity index (χ1v) is 8.19. The van der Waals surface area contributed by atoms with Gasteiger partial charge in [-0.2, -0.15) is 0 Å². The Kier molecular flexibility index (Phi) is 5.82. The van der Waals surface area contributed by atoms with Crippen molar-refractivity contribution in [2.45, 2.75) is 24.8 Å². The average Bonchev–Trinajstić information content (AvgIpc) is 2.54. The molecule has 1 atom stereocenters. The van der Waals surface area contributed by atoms with Gasteiger partial charge in [0.2, 0.25) is 6.10 Å². The van der Waals surface area contributed by atoms with Gasteiger partial charge in [-0.3, -0.25) is 9.59 Å². The van der Waals surface area contributed by atoms with Gasteiger partial charge >= 0.3 is 5.97 Å². The molecule has 0 heterocycles. The molecule has 0 saturated carbocycles. The zero-order valence-corrected chi connectivity index (χ0v) is 13.9. The first-order valence-electron chi connectivity index (χ1n) is 7.21. The summed E-state index contributed by atoms with van der Waals surface area (Å²) in [4.78, 5) is 24.6. The Labute approximate surface area is 140 Å². The fourth-order valence-electron chi connectivity index (χ4n) is 2.08. The highest BCUT2D eigenvalue weighted by atomic mass is 32.2. The summed E-state index contributed by atoms with van der Waals surface area (Å²) < 4.78 is 5.26. The predicted molar refractivity (Wildman–Crippen MR) is 91.1 cm³/mol. The smallest absolute Gasteiger partial charge is 0.317 e. The highest BCUT2D eigenvalue weighted by molar-refractivity contribution is 8.00. The van der Waals surface area contributed by atoms with Gasteiger partial charge in [0.1, 0.15) is 0 Å². The summed E-state index contributed by atoms with van der Waals surface area (Å²) in [6.45, 7) is 3.99. The second-order valence-corrected chi connectivity index (χ2v) is 6.26. The van der Waals surface area contributed by atoms with E-state index in [1.807, 2.05) is 38.1 Å². The molecule has 2 aromatic rings. The number of carbonyl (C=O) groups is 2. The van der Waals surface area contributed by atoms with E-state index in [9.17, 15) is 9.59 Å². The van der Waals surface area contributed by atoms with Gasteiger partial charge < -0.3 is 10.5 Å². The Morgan fingerprint density at radius 2 is 1.83 bits per heavy atom. The Bertz CT molecular complexity index is 701. The van der Waals surface area contributed by atoms with Crippen LogP contribution in [0.15, 0.2) is 53.4 Å². The maximum atomic E-state index is 12.0. The number of esters is 1. The molecule has 1 amide bonds. The third-order valence-corrected chi connectivity index (χ3v) is 4.43. The van der Waals surface area contributed by atoms with Crippen LogP contribution < -0.4 is 5.73 Å². The molecule has 5 heteroatoms. The predicted octanol–water partition coefficient (Wildman–Crippen LogP) is 3.17. The number of ether oxygens (including phenoxy) is 1. The number of rotatable bonds is 6. The molecule has 120 valence electrons. The van der Waals surface area contributed by atoms with Crippen LogP contribution in [0.25, 0.3) is 0 Å². The Balaban J connectivity index is 2.00. The van der Waals surface area contributed by atoms with Crippen LogP contribution in [0.4, 0.5) is 0 Å². The van der Waals surface area contributed by atoms with E-state index < -0.39 is 18.0 Å². The highest BCUT2D eigenvalue weighted by Gasteiger charge is 2.22. The van der Waals surface area contributed by atoms with Crippen LogP contribution in [-0.4, -0.2) is 17.6 Å². The molecule has 0 saturated heterocycles. The molecule has 2 aromatic carbocycles.